The molecule has 1 aliphatic rings. The van der Waals surface area contributed by atoms with Gasteiger partial charge in [-0.25, -0.2) is 0 Å². The van der Waals surface area contributed by atoms with Gasteiger partial charge in [0, 0.05) is 5.56 Å². The first-order chi connectivity index (χ1) is 14.5. The van der Waals surface area contributed by atoms with Crippen molar-refractivity contribution in [1.29, 1.82) is 5.26 Å². The molecule has 2 aromatic carbocycles. The van der Waals surface area contributed by atoms with Crippen LogP contribution >= 0.6 is 12.2 Å². The third kappa shape index (κ3) is 3.64. The molecule has 0 atom stereocenters. The molecule has 1 aromatic heterocycles. The number of anilines is 1. The number of hydrogen-bond donors (Lipinski definition) is 1. The summed E-state index contributed by atoms with van der Waals surface area (Å²) in [5.41, 5.74) is 2.79. The zero-order valence-corrected chi connectivity index (χ0v) is 16.7. The highest BCUT2D eigenvalue weighted by molar-refractivity contribution is 7.80. The number of aryl methyl sites for hydroxylation is 1. The molecule has 2 heterocycles. The van der Waals surface area contributed by atoms with Crippen LogP contribution in [0.2, 0.25) is 0 Å². The molecular formula is C23H15N3O3S. The maximum atomic E-state index is 13.0. The Hall–Kier alpha value is -4.02. The van der Waals surface area contributed by atoms with Crippen molar-refractivity contribution < 1.29 is 14.0 Å². The van der Waals surface area contributed by atoms with Gasteiger partial charge < -0.3 is 4.42 Å². The van der Waals surface area contributed by atoms with Crippen LogP contribution in [-0.2, 0) is 9.59 Å². The Labute approximate surface area is 178 Å². The van der Waals surface area contributed by atoms with Gasteiger partial charge in [-0.2, -0.15) is 5.26 Å². The van der Waals surface area contributed by atoms with Crippen LogP contribution in [0.3, 0.4) is 0 Å². The summed E-state index contributed by atoms with van der Waals surface area (Å²) in [4.78, 5) is 26.8. The molecular weight excluding hydrogens is 398 g/mol. The zero-order chi connectivity index (χ0) is 21.3. The van der Waals surface area contributed by atoms with Crippen molar-refractivity contribution >= 4 is 40.9 Å². The summed E-state index contributed by atoms with van der Waals surface area (Å²) < 4.78 is 5.79. The second-order valence-corrected chi connectivity index (χ2v) is 7.07. The molecule has 1 saturated heterocycles. The number of benzene rings is 2. The molecule has 0 saturated carbocycles. The standard InChI is InChI=1S/C23H15N3O3S/c1-14-3-2-4-17(11-14)26-22(28)19(21(27)25-23(26)30)12-18-9-10-20(29-18)16-7-5-15(13-24)6-8-16/h2-12H,1H3,(H,25,27,30)/b19-12+. The fourth-order valence-corrected chi connectivity index (χ4v) is 3.38. The summed E-state index contributed by atoms with van der Waals surface area (Å²) in [6.45, 7) is 1.91. The highest BCUT2D eigenvalue weighted by atomic mass is 32.1. The van der Waals surface area contributed by atoms with Crippen LogP contribution in [0.1, 0.15) is 16.9 Å². The van der Waals surface area contributed by atoms with E-state index in [0.717, 1.165) is 11.1 Å². The number of carbonyl (C=O) groups excluding carboxylic acids is 2. The maximum absolute atomic E-state index is 13.0. The van der Waals surface area contributed by atoms with Crippen LogP contribution in [-0.4, -0.2) is 16.9 Å². The second kappa shape index (κ2) is 7.78. The maximum Gasteiger partial charge on any atom is 0.270 e. The fourth-order valence-electron chi connectivity index (χ4n) is 3.10. The van der Waals surface area contributed by atoms with Gasteiger partial charge in [0.2, 0.25) is 0 Å². The number of hydrogen-bond acceptors (Lipinski definition) is 5. The number of rotatable bonds is 3. The molecule has 6 nitrogen and oxygen atoms in total. The molecule has 0 unspecified atom stereocenters. The minimum atomic E-state index is -0.578. The molecule has 7 heteroatoms. The number of nitrogens with one attached hydrogen (secondary N) is 1. The summed E-state index contributed by atoms with van der Waals surface area (Å²) >= 11 is 5.21. The molecule has 2 amide bonds. The molecule has 0 bridgehead atoms. The number of nitriles is 1. The predicted molar refractivity (Wildman–Crippen MR) is 116 cm³/mol. The second-order valence-electron chi connectivity index (χ2n) is 6.69. The van der Waals surface area contributed by atoms with Gasteiger partial charge in [0.05, 0.1) is 17.3 Å². The minimum absolute atomic E-state index is 0.0328. The molecule has 30 heavy (non-hydrogen) atoms. The molecule has 1 fully saturated rings. The lowest BCUT2D eigenvalue weighted by molar-refractivity contribution is -0.122. The van der Waals surface area contributed by atoms with Crippen molar-refractivity contribution in [2.75, 3.05) is 4.90 Å². The van der Waals surface area contributed by atoms with Crippen molar-refractivity contribution in [2.45, 2.75) is 6.92 Å². The highest BCUT2D eigenvalue weighted by Crippen LogP contribution is 2.26. The number of amides is 2. The Morgan fingerprint density at radius 1 is 1.10 bits per heavy atom. The van der Waals surface area contributed by atoms with E-state index in [9.17, 15) is 9.59 Å². The minimum Gasteiger partial charge on any atom is -0.457 e. The van der Waals surface area contributed by atoms with Crippen LogP contribution in [0.5, 0.6) is 0 Å². The molecule has 146 valence electrons. The van der Waals surface area contributed by atoms with E-state index in [-0.39, 0.29) is 10.7 Å². The normalized spacial score (nSPS) is 15.3. The van der Waals surface area contributed by atoms with E-state index in [4.69, 9.17) is 21.9 Å². The lowest BCUT2D eigenvalue weighted by atomic mass is 10.1. The van der Waals surface area contributed by atoms with Crippen LogP contribution < -0.4 is 10.2 Å². The largest absolute Gasteiger partial charge is 0.457 e. The first kappa shape index (κ1) is 19.3. The predicted octanol–water partition coefficient (Wildman–Crippen LogP) is 3.96. The summed E-state index contributed by atoms with van der Waals surface area (Å²) in [5.74, 6) is -0.193. The lowest BCUT2D eigenvalue weighted by Crippen LogP contribution is -2.54. The summed E-state index contributed by atoms with van der Waals surface area (Å²) in [5, 5.41) is 11.5. The van der Waals surface area contributed by atoms with Crippen molar-refractivity contribution in [3.05, 3.63) is 83.1 Å². The van der Waals surface area contributed by atoms with E-state index < -0.39 is 11.8 Å². The van der Waals surface area contributed by atoms with Crippen molar-refractivity contribution in [1.82, 2.24) is 5.32 Å². The van der Waals surface area contributed by atoms with Crippen LogP contribution in [0.25, 0.3) is 17.4 Å². The van der Waals surface area contributed by atoms with Gasteiger partial charge in [0.1, 0.15) is 17.1 Å². The SMILES string of the molecule is Cc1cccc(N2C(=O)/C(=C/c3ccc(-c4ccc(C#N)cc4)o3)C(=O)NC2=S)c1. The van der Waals surface area contributed by atoms with Crippen LogP contribution in [0.15, 0.2) is 70.7 Å². The summed E-state index contributed by atoms with van der Waals surface area (Å²) in [6, 6.07) is 19.7. The number of thiocarbonyl (C=S) groups is 1. The average Bonchev–Trinajstić information content (AvgIpc) is 3.20. The van der Waals surface area contributed by atoms with Gasteiger partial charge in [-0.3, -0.25) is 19.8 Å². The van der Waals surface area contributed by atoms with E-state index in [1.54, 1.807) is 42.5 Å². The Morgan fingerprint density at radius 2 is 1.87 bits per heavy atom. The lowest BCUT2D eigenvalue weighted by Gasteiger charge is -2.29. The molecule has 3 aromatic rings. The van der Waals surface area contributed by atoms with E-state index >= 15 is 0 Å². The van der Waals surface area contributed by atoms with Gasteiger partial charge in [0.15, 0.2) is 5.11 Å². The van der Waals surface area contributed by atoms with E-state index in [0.29, 0.717) is 22.8 Å². The Bertz CT molecular complexity index is 1250. The monoisotopic (exact) mass is 413 g/mol. The van der Waals surface area contributed by atoms with Crippen molar-refractivity contribution in [2.24, 2.45) is 0 Å². The quantitative estimate of drug-likeness (QED) is 0.399. The number of nitrogens with zero attached hydrogens (tertiary/aromatic N) is 2. The molecule has 1 aliphatic heterocycles. The van der Waals surface area contributed by atoms with Gasteiger partial charge in [-0.05, 0) is 79.3 Å². The van der Waals surface area contributed by atoms with Gasteiger partial charge in [-0.1, -0.05) is 12.1 Å². The first-order valence-electron chi connectivity index (χ1n) is 9.05. The Balaban J connectivity index is 1.66. The van der Waals surface area contributed by atoms with E-state index in [2.05, 4.69) is 11.4 Å². The molecule has 0 radical (unpaired) electrons. The average molecular weight is 413 g/mol. The van der Waals surface area contributed by atoms with Crippen LogP contribution in [0, 0.1) is 18.3 Å². The van der Waals surface area contributed by atoms with E-state index in [1.165, 1.54) is 11.0 Å². The zero-order valence-electron chi connectivity index (χ0n) is 15.9. The summed E-state index contributed by atoms with van der Waals surface area (Å²) in [7, 11) is 0. The topological polar surface area (TPSA) is 86.3 Å². The Kier molecular flexibility index (Phi) is 5.00. The third-order valence-corrected chi connectivity index (χ3v) is 4.86. The number of carbonyl (C=O) groups is 2. The van der Waals surface area contributed by atoms with Gasteiger partial charge >= 0.3 is 0 Å². The van der Waals surface area contributed by atoms with Crippen molar-refractivity contribution in [3.8, 4) is 17.4 Å². The van der Waals surface area contributed by atoms with Crippen LogP contribution in [0.4, 0.5) is 5.69 Å². The van der Waals surface area contributed by atoms with Crippen molar-refractivity contribution in [3.63, 3.8) is 0 Å². The van der Waals surface area contributed by atoms with E-state index in [1.807, 2.05) is 25.1 Å². The molecule has 4 rings (SSSR count). The molecule has 0 spiro atoms. The fraction of sp³-hybridized carbons (Fsp3) is 0.0435. The molecule has 1 N–H and O–H groups in total. The summed E-state index contributed by atoms with van der Waals surface area (Å²) in [6.07, 6.45) is 1.40. The van der Waals surface area contributed by atoms with Gasteiger partial charge in [-0.15, -0.1) is 0 Å². The number of furan rings is 1. The Morgan fingerprint density at radius 3 is 2.57 bits per heavy atom. The third-order valence-electron chi connectivity index (χ3n) is 4.57. The highest BCUT2D eigenvalue weighted by Gasteiger charge is 2.34. The van der Waals surface area contributed by atoms with Gasteiger partial charge in [0.25, 0.3) is 11.8 Å². The molecule has 0 aliphatic carbocycles. The smallest absolute Gasteiger partial charge is 0.270 e. The first-order valence-corrected chi connectivity index (χ1v) is 9.45.